The van der Waals surface area contributed by atoms with Gasteiger partial charge in [0.1, 0.15) is 5.69 Å². The second-order valence-electron chi connectivity index (χ2n) is 4.51. The van der Waals surface area contributed by atoms with E-state index in [2.05, 4.69) is 47.3 Å². The Morgan fingerprint density at radius 3 is 2.78 bits per heavy atom. The minimum Gasteiger partial charge on any atom is -0.351 e. The van der Waals surface area contributed by atoms with E-state index in [1.165, 1.54) is 0 Å². The van der Waals surface area contributed by atoms with Crippen LogP contribution in [0, 0.1) is 0 Å². The van der Waals surface area contributed by atoms with Crippen molar-refractivity contribution in [1.29, 1.82) is 0 Å². The molecule has 0 spiro atoms. The van der Waals surface area contributed by atoms with Crippen molar-refractivity contribution in [2.75, 3.05) is 19.6 Å². The van der Waals surface area contributed by atoms with E-state index in [9.17, 15) is 4.79 Å². The number of hydrogen-bond donors (Lipinski definition) is 2. The first-order valence-corrected chi connectivity index (χ1v) is 7.21. The molecule has 0 saturated heterocycles. The SMILES string of the molecule is CCNCCCNC(=O)c1cc(Br)cn1C(C)C. The molecule has 0 atom stereocenters. The molecule has 0 saturated carbocycles. The predicted molar refractivity (Wildman–Crippen MR) is 78.0 cm³/mol. The number of carbonyl (C=O) groups is 1. The van der Waals surface area contributed by atoms with Gasteiger partial charge in [-0.3, -0.25) is 4.79 Å². The molecular formula is C13H22BrN3O. The van der Waals surface area contributed by atoms with E-state index in [-0.39, 0.29) is 11.9 Å². The Morgan fingerprint density at radius 1 is 1.44 bits per heavy atom. The number of nitrogens with one attached hydrogen (secondary N) is 2. The molecule has 102 valence electrons. The van der Waals surface area contributed by atoms with Crippen LogP contribution in [0.2, 0.25) is 0 Å². The Labute approximate surface area is 117 Å². The lowest BCUT2D eigenvalue weighted by Crippen LogP contribution is -2.29. The maximum absolute atomic E-state index is 12.0. The third kappa shape index (κ3) is 4.46. The molecule has 0 aliphatic rings. The molecule has 0 unspecified atom stereocenters. The summed E-state index contributed by atoms with van der Waals surface area (Å²) in [6.07, 6.45) is 2.89. The van der Waals surface area contributed by atoms with Crippen molar-refractivity contribution in [3.05, 3.63) is 22.4 Å². The molecule has 0 fully saturated rings. The van der Waals surface area contributed by atoms with Crippen molar-refractivity contribution >= 4 is 21.8 Å². The summed E-state index contributed by atoms with van der Waals surface area (Å²) in [5.41, 5.74) is 0.709. The molecule has 1 aromatic heterocycles. The standard InChI is InChI=1S/C13H22BrN3O/c1-4-15-6-5-7-16-13(18)12-8-11(14)9-17(12)10(2)3/h8-10,15H,4-7H2,1-3H3,(H,16,18). The normalized spacial score (nSPS) is 10.9. The monoisotopic (exact) mass is 315 g/mol. The van der Waals surface area contributed by atoms with Gasteiger partial charge >= 0.3 is 0 Å². The lowest BCUT2D eigenvalue weighted by atomic mass is 10.3. The van der Waals surface area contributed by atoms with Gasteiger partial charge in [0, 0.05) is 23.3 Å². The Kier molecular flexibility index (Phi) is 6.43. The first-order valence-electron chi connectivity index (χ1n) is 6.42. The van der Waals surface area contributed by atoms with Crippen LogP contribution in [0.15, 0.2) is 16.7 Å². The molecule has 1 heterocycles. The zero-order chi connectivity index (χ0) is 13.5. The highest BCUT2D eigenvalue weighted by Crippen LogP contribution is 2.19. The molecule has 1 rings (SSSR count). The highest BCUT2D eigenvalue weighted by Gasteiger charge is 2.14. The number of nitrogens with zero attached hydrogens (tertiary/aromatic N) is 1. The van der Waals surface area contributed by atoms with E-state index in [4.69, 9.17) is 0 Å². The molecule has 1 amide bonds. The van der Waals surface area contributed by atoms with Crippen molar-refractivity contribution in [3.63, 3.8) is 0 Å². The number of halogens is 1. The lowest BCUT2D eigenvalue weighted by Gasteiger charge is -2.12. The van der Waals surface area contributed by atoms with Gasteiger partial charge in [-0.2, -0.15) is 0 Å². The third-order valence-electron chi connectivity index (χ3n) is 2.67. The van der Waals surface area contributed by atoms with Crippen LogP contribution in [0.4, 0.5) is 0 Å². The maximum atomic E-state index is 12.0. The van der Waals surface area contributed by atoms with Gasteiger partial charge in [-0.05, 0) is 55.4 Å². The van der Waals surface area contributed by atoms with E-state index in [1.54, 1.807) is 0 Å². The first-order chi connectivity index (χ1) is 8.56. The van der Waals surface area contributed by atoms with Gasteiger partial charge in [0.05, 0.1) is 0 Å². The van der Waals surface area contributed by atoms with Crippen LogP contribution in [-0.4, -0.2) is 30.1 Å². The molecule has 4 nitrogen and oxygen atoms in total. The average Bonchev–Trinajstić information content (AvgIpc) is 2.71. The van der Waals surface area contributed by atoms with Crippen LogP contribution in [0.25, 0.3) is 0 Å². The minimum absolute atomic E-state index is 0.00843. The summed E-state index contributed by atoms with van der Waals surface area (Å²) in [7, 11) is 0. The Hall–Kier alpha value is -0.810. The summed E-state index contributed by atoms with van der Waals surface area (Å²) in [6, 6.07) is 2.14. The summed E-state index contributed by atoms with van der Waals surface area (Å²) in [5, 5.41) is 6.18. The van der Waals surface area contributed by atoms with Crippen molar-refractivity contribution < 1.29 is 4.79 Å². The van der Waals surface area contributed by atoms with Crippen molar-refractivity contribution in [2.24, 2.45) is 0 Å². The number of hydrogen-bond acceptors (Lipinski definition) is 2. The van der Waals surface area contributed by atoms with Crippen molar-refractivity contribution in [2.45, 2.75) is 33.2 Å². The molecular weight excluding hydrogens is 294 g/mol. The van der Waals surface area contributed by atoms with Crippen LogP contribution in [0.5, 0.6) is 0 Å². The van der Waals surface area contributed by atoms with Gasteiger partial charge < -0.3 is 15.2 Å². The topological polar surface area (TPSA) is 46.1 Å². The predicted octanol–water partition coefficient (Wildman–Crippen LogP) is 2.56. The largest absolute Gasteiger partial charge is 0.351 e. The summed E-state index contributed by atoms with van der Waals surface area (Å²) < 4.78 is 2.91. The highest BCUT2D eigenvalue weighted by molar-refractivity contribution is 9.10. The second-order valence-corrected chi connectivity index (χ2v) is 5.42. The van der Waals surface area contributed by atoms with Crippen LogP contribution in [-0.2, 0) is 0 Å². The summed E-state index contributed by atoms with van der Waals surface area (Å²) >= 11 is 3.41. The van der Waals surface area contributed by atoms with E-state index >= 15 is 0 Å². The molecule has 0 bridgehead atoms. The smallest absolute Gasteiger partial charge is 0.267 e. The van der Waals surface area contributed by atoms with E-state index in [1.807, 2.05) is 16.8 Å². The second kappa shape index (κ2) is 7.59. The maximum Gasteiger partial charge on any atom is 0.267 e. The van der Waals surface area contributed by atoms with Gasteiger partial charge in [-0.1, -0.05) is 6.92 Å². The van der Waals surface area contributed by atoms with Crippen LogP contribution in [0.3, 0.4) is 0 Å². The van der Waals surface area contributed by atoms with E-state index < -0.39 is 0 Å². The Balaban J connectivity index is 2.51. The summed E-state index contributed by atoms with van der Waals surface area (Å²) in [5.74, 6) is -0.00843. The Bertz CT molecular complexity index is 388. The number of rotatable bonds is 7. The van der Waals surface area contributed by atoms with Gasteiger partial charge in [-0.15, -0.1) is 0 Å². The quantitative estimate of drug-likeness (QED) is 0.760. The fourth-order valence-corrected chi connectivity index (χ4v) is 2.17. The van der Waals surface area contributed by atoms with Gasteiger partial charge in [0.15, 0.2) is 0 Å². The molecule has 1 aromatic rings. The van der Waals surface area contributed by atoms with Gasteiger partial charge in [-0.25, -0.2) is 0 Å². The fourth-order valence-electron chi connectivity index (χ4n) is 1.74. The Morgan fingerprint density at radius 2 is 2.17 bits per heavy atom. The van der Waals surface area contributed by atoms with Gasteiger partial charge in [0.25, 0.3) is 5.91 Å². The fraction of sp³-hybridized carbons (Fsp3) is 0.615. The van der Waals surface area contributed by atoms with Crippen LogP contribution in [0.1, 0.15) is 43.7 Å². The zero-order valence-corrected chi connectivity index (χ0v) is 12.9. The average molecular weight is 316 g/mol. The van der Waals surface area contributed by atoms with Crippen LogP contribution < -0.4 is 10.6 Å². The molecule has 0 aromatic carbocycles. The number of amides is 1. The van der Waals surface area contributed by atoms with Crippen molar-refractivity contribution in [3.8, 4) is 0 Å². The van der Waals surface area contributed by atoms with E-state index in [0.29, 0.717) is 12.2 Å². The molecule has 2 N–H and O–H groups in total. The number of aromatic nitrogens is 1. The first kappa shape index (κ1) is 15.2. The van der Waals surface area contributed by atoms with Crippen molar-refractivity contribution in [1.82, 2.24) is 15.2 Å². The summed E-state index contributed by atoms with van der Waals surface area (Å²) in [6.45, 7) is 8.81. The molecule has 0 radical (unpaired) electrons. The highest BCUT2D eigenvalue weighted by atomic mass is 79.9. The summed E-state index contributed by atoms with van der Waals surface area (Å²) in [4.78, 5) is 12.0. The third-order valence-corrected chi connectivity index (χ3v) is 3.10. The molecule has 0 aliphatic carbocycles. The molecule has 18 heavy (non-hydrogen) atoms. The molecule has 0 aliphatic heterocycles. The lowest BCUT2D eigenvalue weighted by molar-refractivity contribution is 0.0942. The zero-order valence-electron chi connectivity index (χ0n) is 11.3. The minimum atomic E-state index is -0.00843. The van der Waals surface area contributed by atoms with Crippen LogP contribution >= 0.6 is 15.9 Å². The molecule has 5 heteroatoms. The van der Waals surface area contributed by atoms with Gasteiger partial charge in [0.2, 0.25) is 0 Å². The number of carbonyl (C=O) groups excluding carboxylic acids is 1. The van der Waals surface area contributed by atoms with E-state index in [0.717, 1.165) is 24.0 Å².